The van der Waals surface area contributed by atoms with Gasteiger partial charge in [-0.25, -0.2) is 46.3 Å². The number of benzene rings is 5. The maximum Gasteiger partial charge on any atom is 0.326 e. The van der Waals surface area contributed by atoms with Gasteiger partial charge in [0.1, 0.15) is 74.7 Å². The third-order valence-electron chi connectivity index (χ3n) is 28.4. The number of fused-ring (bicyclic) bond motifs is 17. The topological polar surface area (TPSA) is 409 Å². The Kier molecular flexibility index (Phi) is 20.9. The zero-order valence-electron chi connectivity index (χ0n) is 75.2. The molecule has 9 aliphatic rings. The van der Waals surface area contributed by atoms with E-state index in [1.807, 2.05) is 61.8 Å². The number of nitrogens with one attached hydrogen (secondary N) is 7. The Morgan fingerprint density at radius 2 is 1.10 bits per heavy atom. The van der Waals surface area contributed by atoms with Crippen molar-refractivity contribution < 1.29 is 45.3 Å². The number of pyridine rings is 3. The molecule has 694 valence electrons. The molecule has 16 heterocycles. The van der Waals surface area contributed by atoms with E-state index in [1.54, 1.807) is 78.2 Å². The number of hydrogen-bond donors (Lipinski definition) is 10. The quantitative estimate of drug-likeness (QED) is 0.0379. The smallest absolute Gasteiger partial charge is 0.326 e. The number of H-pyrrole nitrogens is 3. The number of aryl methyl sites for hydroxylation is 2. The Labute approximate surface area is 772 Å². The number of halogens is 6. The van der Waals surface area contributed by atoms with E-state index in [9.17, 15) is 17.6 Å². The number of rotatable bonds is 17. The number of para-hydroxylation sites is 1. The van der Waals surface area contributed by atoms with Gasteiger partial charge in [0, 0.05) is 173 Å². The fraction of sp³-hybridized carbons (Fsp3) is 0.340. The van der Waals surface area contributed by atoms with Crippen LogP contribution in [0.4, 0.5) is 72.4 Å². The van der Waals surface area contributed by atoms with Gasteiger partial charge in [0.15, 0.2) is 40.4 Å². The van der Waals surface area contributed by atoms with Gasteiger partial charge in [0.25, 0.3) is 0 Å². The third-order valence-corrected chi connectivity index (χ3v) is 28.4. The molecule has 2 bridgehead atoms. The monoisotopic (exact) mass is 1840 g/mol. The maximum absolute atomic E-state index is 15.3. The lowest BCUT2D eigenvalue weighted by Crippen LogP contribution is -2.46. The SMILES string of the molecule is CNc1c(F)ccc2c1[nH]c1nc(Oc3ccc(C)nc3)nc(N3CC[C@@H](N)C3)c12.CNc1c(F)ccc2c1[nH]c1nc(Oc3cnc4ccccc4c3)nc(N3C[C@@H](N)C4(CC4)C3)c12.CNc1cc(F)c(F)c2c1Cc1nc(Oc3cnc(C)nc3)nc(N3CC4C[C@H](N)C4C3)c1-2.CNc1cc(F)c(F)c2c1[nH]c1nc(Oc3cnc4c(c3)ncn4C3CC3)nc(N3C[C@H]4C[C@@H]3C[C@H]4C)c12. The number of anilines is 8. The molecule has 12 aromatic heterocycles. The number of hydrogen-bond acceptors (Lipinski definition) is 29. The number of aromatic nitrogens is 18. The average molecular weight is 1850 g/mol. The highest BCUT2D eigenvalue weighted by Crippen LogP contribution is 2.56. The molecule has 1 spiro atoms. The first kappa shape index (κ1) is 85.3. The van der Waals surface area contributed by atoms with Crippen LogP contribution in [0.25, 0.3) is 99.0 Å². The van der Waals surface area contributed by atoms with Crippen LogP contribution in [0.2, 0.25) is 0 Å². The first-order chi connectivity index (χ1) is 66.0. The molecule has 4 aliphatic heterocycles. The van der Waals surface area contributed by atoms with Gasteiger partial charge in [-0.3, -0.25) is 9.97 Å². The molecular formula is C97H95F6N29O4. The minimum absolute atomic E-state index is 0.0798. The molecule has 13 N–H and O–H groups in total. The fourth-order valence-electron chi connectivity index (χ4n) is 21.1. The molecule has 39 heteroatoms. The number of imidazole rings is 1. The fourth-order valence-corrected chi connectivity index (χ4v) is 21.1. The molecule has 8 fully saturated rings. The molecule has 0 amide bonds. The molecule has 5 aliphatic carbocycles. The summed E-state index contributed by atoms with van der Waals surface area (Å²) < 4.78 is 115. The van der Waals surface area contributed by atoms with Crippen molar-refractivity contribution in [2.24, 2.45) is 46.3 Å². The van der Waals surface area contributed by atoms with Crippen molar-refractivity contribution in [2.75, 3.05) is 115 Å². The zero-order valence-corrected chi connectivity index (χ0v) is 75.2. The molecule has 4 saturated carbocycles. The van der Waals surface area contributed by atoms with E-state index in [0.29, 0.717) is 175 Å². The molecule has 5 aromatic carbocycles. The molecule has 17 aromatic rings. The van der Waals surface area contributed by atoms with Crippen molar-refractivity contribution in [1.82, 2.24) is 89.3 Å². The van der Waals surface area contributed by atoms with Gasteiger partial charge in [0.2, 0.25) is 0 Å². The minimum atomic E-state index is -0.921. The van der Waals surface area contributed by atoms with Crippen LogP contribution < -0.4 is 77.0 Å². The van der Waals surface area contributed by atoms with Crippen molar-refractivity contribution >= 4 is 134 Å². The summed E-state index contributed by atoms with van der Waals surface area (Å²) in [4.78, 5) is 82.0. The standard InChI is InChI=1S/C27H26F2N8O.C26H24FN7O.C23H23F2N7O.C21H22FN7O/c1-12-5-15-6-13(12)10-36(15)26-21-20-22(29)17(28)8-18(30-2)23(20)33-24(21)34-27(35-26)38-16-7-19-25(31-9-16)37(11-32-19)14-3-4-14;1-29-22-17(27)7-6-16-20-23(31-21(16)22)32-25(33-24(20)34-12-19(28)26(13-34)8-9-26)35-15-10-14-4-2-3-5-18(14)30-11-15;1-10-28-6-12(7-29-10)33-23-30-18-4-13-17(27-2)5-15(24)21(25)19(13)20(18)22(31-23)32-8-11-3-16(26)14(11)9-32;1-11-3-4-13(9-25-11)30-21-27-19-16(20(28-21)29-8-7-12(23)10-29)14-5-6-15(22)18(24-2)17(14)26-19/h7-9,11-15,30H,3-6,10H2,1-2H3,(H,33,34,35);2-7,10-11,19,29H,8-9,12-13,28H2,1H3,(H,31,32,33);5-7,11,14,16,27H,3-4,8-9,26H2,1-2H3;3-6,9,12,24H,7-8,10,23H2,1-2H3,(H,26,27,28)/t12-,13-,15+;19-;11?,14?,16-;12-/m1101/s1. The van der Waals surface area contributed by atoms with Gasteiger partial charge in [0.05, 0.1) is 104 Å². The predicted octanol–water partition coefficient (Wildman–Crippen LogP) is 16.5. The molecule has 33 nitrogen and oxygen atoms in total. The Balaban J connectivity index is 0.000000102. The van der Waals surface area contributed by atoms with Gasteiger partial charge < -0.3 is 96.5 Å². The van der Waals surface area contributed by atoms with Gasteiger partial charge in [-0.15, -0.1) is 0 Å². The molecule has 8 atom stereocenters. The van der Waals surface area contributed by atoms with Gasteiger partial charge in [-0.2, -0.15) is 39.9 Å². The summed E-state index contributed by atoms with van der Waals surface area (Å²) in [7, 11) is 6.75. The maximum atomic E-state index is 15.3. The van der Waals surface area contributed by atoms with Crippen LogP contribution in [0, 0.1) is 77.8 Å². The van der Waals surface area contributed by atoms with Crippen molar-refractivity contribution in [3.63, 3.8) is 0 Å². The van der Waals surface area contributed by atoms with Crippen molar-refractivity contribution in [1.29, 1.82) is 0 Å². The highest BCUT2D eigenvalue weighted by Gasteiger charge is 2.55. The molecule has 26 rings (SSSR count). The second kappa shape index (κ2) is 33.3. The van der Waals surface area contributed by atoms with Crippen LogP contribution in [0.1, 0.15) is 87.1 Å². The minimum Gasteiger partial charge on any atom is -0.423 e. The average Bonchev–Trinajstić information content (AvgIpc) is 1.57. The predicted molar refractivity (Wildman–Crippen MR) is 507 cm³/mol. The van der Waals surface area contributed by atoms with Crippen LogP contribution in [-0.2, 0) is 6.42 Å². The van der Waals surface area contributed by atoms with Crippen molar-refractivity contribution in [3.05, 3.63) is 180 Å². The van der Waals surface area contributed by atoms with Gasteiger partial charge in [-0.05, 0) is 143 Å². The highest BCUT2D eigenvalue weighted by atomic mass is 19.2. The number of ether oxygens (including phenoxy) is 4. The number of nitrogens with two attached hydrogens (primary N) is 3. The van der Waals surface area contributed by atoms with Crippen LogP contribution in [0.15, 0.2) is 122 Å². The highest BCUT2D eigenvalue weighted by molar-refractivity contribution is 6.17. The molecule has 2 unspecified atom stereocenters. The Bertz CT molecular complexity index is 7670. The number of aromatic amines is 3. The lowest BCUT2D eigenvalue weighted by Gasteiger charge is -2.36. The normalized spacial score (nSPS) is 20.3. The summed E-state index contributed by atoms with van der Waals surface area (Å²) in [6.45, 7) is 11.3. The lowest BCUT2D eigenvalue weighted by molar-refractivity contribution is 0.194. The van der Waals surface area contributed by atoms with Crippen LogP contribution in [0.3, 0.4) is 0 Å². The molecule has 4 saturated heterocycles. The summed E-state index contributed by atoms with van der Waals surface area (Å²) in [5.41, 5.74) is 29.4. The second-order valence-corrected chi connectivity index (χ2v) is 37.0. The van der Waals surface area contributed by atoms with Crippen LogP contribution >= 0.6 is 0 Å². The van der Waals surface area contributed by atoms with E-state index >= 15 is 8.78 Å². The summed E-state index contributed by atoms with van der Waals surface area (Å²) >= 11 is 0. The van der Waals surface area contributed by atoms with E-state index in [0.717, 1.165) is 145 Å². The summed E-state index contributed by atoms with van der Waals surface area (Å²) in [5.74, 6) is 2.89. The van der Waals surface area contributed by atoms with E-state index in [-0.39, 0.29) is 76.2 Å². The van der Waals surface area contributed by atoms with Gasteiger partial charge in [-0.1, -0.05) is 25.1 Å². The molecule has 0 radical (unpaired) electrons. The number of nitrogens with zero attached hydrogens (tertiary/aromatic N) is 19. The Morgan fingerprint density at radius 1 is 0.478 bits per heavy atom. The van der Waals surface area contributed by atoms with Crippen LogP contribution in [-0.4, -0.2) is 187 Å². The first-order valence-corrected chi connectivity index (χ1v) is 45.8. The van der Waals surface area contributed by atoms with Crippen molar-refractivity contribution in [2.45, 2.75) is 109 Å². The molecule has 136 heavy (non-hydrogen) atoms. The van der Waals surface area contributed by atoms with E-state index in [1.165, 1.54) is 18.2 Å². The first-order valence-electron chi connectivity index (χ1n) is 45.8. The zero-order chi connectivity index (χ0) is 93.1. The third kappa shape index (κ3) is 15.0. The summed E-state index contributed by atoms with van der Waals surface area (Å²) in [6.07, 6.45) is 18.7. The Hall–Kier alpha value is -14.9. The van der Waals surface area contributed by atoms with Gasteiger partial charge >= 0.3 is 24.0 Å². The largest absolute Gasteiger partial charge is 0.423 e. The van der Waals surface area contributed by atoms with Crippen LogP contribution in [0.5, 0.6) is 47.0 Å². The lowest BCUT2D eigenvalue weighted by atomic mass is 9.72. The van der Waals surface area contributed by atoms with Crippen molar-refractivity contribution in [3.8, 4) is 58.2 Å². The second-order valence-electron chi connectivity index (χ2n) is 37.0. The summed E-state index contributed by atoms with van der Waals surface area (Å²) in [5, 5.41) is 16.8. The van der Waals surface area contributed by atoms with E-state index < -0.39 is 23.3 Å². The summed E-state index contributed by atoms with van der Waals surface area (Å²) in [6, 6.07) is 25.8. The van der Waals surface area contributed by atoms with E-state index in [4.69, 9.17) is 51.1 Å². The Morgan fingerprint density at radius 3 is 1.72 bits per heavy atom. The van der Waals surface area contributed by atoms with E-state index in [2.05, 4.69) is 122 Å². The number of piperidine rings is 1. The molecular weight excluding hydrogens is 1750 g/mol.